The van der Waals surface area contributed by atoms with Crippen molar-refractivity contribution in [3.63, 3.8) is 0 Å². The molecule has 4 fully saturated rings. The number of halogens is 1. The van der Waals surface area contributed by atoms with Crippen molar-refractivity contribution in [3.05, 3.63) is 0 Å². The zero-order valence-electron chi connectivity index (χ0n) is 19.9. The van der Waals surface area contributed by atoms with Crippen LogP contribution in [0.2, 0.25) is 0 Å². The lowest BCUT2D eigenvalue weighted by Crippen LogP contribution is -2.69. The summed E-state index contributed by atoms with van der Waals surface area (Å²) in [5.41, 5.74) is -1.13. The molecule has 1 nitrogen and oxygen atoms in total. The predicted molar refractivity (Wildman–Crippen MR) is 123 cm³/mol. The molecule has 0 aromatic heterocycles. The van der Waals surface area contributed by atoms with Crippen molar-refractivity contribution in [2.75, 3.05) is 0 Å². The molecular weight excluding hydrogens is 371 g/mol. The molecular formula is C28H47FO. The molecule has 4 saturated carbocycles. The van der Waals surface area contributed by atoms with E-state index in [0.29, 0.717) is 5.78 Å². The van der Waals surface area contributed by atoms with E-state index in [1.54, 1.807) is 0 Å². The summed E-state index contributed by atoms with van der Waals surface area (Å²) in [5.74, 6) is 3.69. The van der Waals surface area contributed by atoms with E-state index < -0.39 is 17.0 Å². The van der Waals surface area contributed by atoms with E-state index >= 15 is 4.39 Å². The van der Waals surface area contributed by atoms with Gasteiger partial charge in [0.2, 0.25) is 0 Å². The van der Waals surface area contributed by atoms with E-state index in [1.807, 2.05) is 0 Å². The van der Waals surface area contributed by atoms with Gasteiger partial charge in [-0.1, -0.05) is 65.2 Å². The van der Waals surface area contributed by atoms with Crippen LogP contribution in [0.5, 0.6) is 0 Å². The van der Waals surface area contributed by atoms with Crippen molar-refractivity contribution >= 4 is 5.78 Å². The fraction of sp³-hybridized carbons (Fsp3) is 0.964. The van der Waals surface area contributed by atoms with Gasteiger partial charge in [-0.2, -0.15) is 0 Å². The lowest BCUT2D eigenvalue weighted by molar-refractivity contribution is -0.194. The number of hydrogen-bond donors (Lipinski definition) is 0. The molecule has 2 spiro atoms. The second-order valence-corrected chi connectivity index (χ2v) is 11.9. The molecule has 4 aliphatic rings. The molecule has 0 saturated heterocycles. The number of alkyl halides is 1. The van der Waals surface area contributed by atoms with Crippen LogP contribution < -0.4 is 0 Å². The van der Waals surface area contributed by atoms with Gasteiger partial charge in [0, 0.05) is 0 Å². The molecule has 4 aliphatic carbocycles. The Hall–Kier alpha value is -0.400. The van der Waals surface area contributed by atoms with Gasteiger partial charge in [-0.3, -0.25) is 4.79 Å². The molecule has 0 heterocycles. The third-order valence-electron chi connectivity index (χ3n) is 10.3. The van der Waals surface area contributed by atoms with Crippen molar-refractivity contribution in [1.82, 2.24) is 0 Å². The predicted octanol–water partition coefficient (Wildman–Crippen LogP) is 8.45. The molecule has 0 unspecified atom stereocenters. The third-order valence-corrected chi connectivity index (χ3v) is 10.3. The third kappa shape index (κ3) is 4.03. The number of carbonyl (C=O) groups is 1. The molecule has 0 amide bonds. The van der Waals surface area contributed by atoms with Crippen molar-refractivity contribution in [2.24, 2.45) is 34.5 Å². The van der Waals surface area contributed by atoms with Crippen LogP contribution in [0.1, 0.15) is 129 Å². The first-order valence-corrected chi connectivity index (χ1v) is 13.7. The normalized spacial score (nSPS) is 44.4. The Kier molecular flexibility index (Phi) is 7.30. The lowest BCUT2D eigenvalue weighted by atomic mass is 9.41. The summed E-state index contributed by atoms with van der Waals surface area (Å²) in [4.78, 5) is 13.5. The number of carbonyl (C=O) groups excluding carboxylic acids is 1. The molecule has 30 heavy (non-hydrogen) atoms. The van der Waals surface area contributed by atoms with Crippen LogP contribution in [0.15, 0.2) is 0 Å². The van der Waals surface area contributed by atoms with E-state index in [4.69, 9.17) is 0 Å². The summed E-state index contributed by atoms with van der Waals surface area (Å²) >= 11 is 0. The molecule has 0 aliphatic heterocycles. The summed E-state index contributed by atoms with van der Waals surface area (Å²) in [5, 5.41) is 0. The molecule has 1 atom stereocenters. The maximum atomic E-state index is 15.8. The van der Waals surface area contributed by atoms with Gasteiger partial charge >= 0.3 is 0 Å². The van der Waals surface area contributed by atoms with Crippen molar-refractivity contribution < 1.29 is 9.18 Å². The van der Waals surface area contributed by atoms with Gasteiger partial charge in [-0.15, -0.1) is 0 Å². The van der Waals surface area contributed by atoms with E-state index in [2.05, 4.69) is 13.8 Å². The smallest absolute Gasteiger partial charge is 0.151 e. The van der Waals surface area contributed by atoms with Crippen molar-refractivity contribution in [1.29, 1.82) is 0 Å². The average molecular weight is 419 g/mol. The molecule has 4 rings (SSSR count). The Labute approximate surface area is 185 Å². The second-order valence-electron chi connectivity index (χ2n) is 11.9. The van der Waals surface area contributed by atoms with Crippen LogP contribution in [0.4, 0.5) is 4.39 Å². The number of ketones is 1. The minimum Gasteiger partial charge on any atom is -0.298 e. The standard InChI is InChI=1S/C28H47FO/c1-3-5-6-8-22-13-17-27(18-14-22)25(29)28(26(27)30)19-15-24(16-20-28)23-11-9-21(7-4-2)10-12-23/h21-25H,3-20H2,1-2H3/t21?,22?,23?,24?,25-,27-,28-/m1/s1. The topological polar surface area (TPSA) is 17.1 Å². The van der Waals surface area contributed by atoms with Gasteiger partial charge in [-0.05, 0) is 87.9 Å². The lowest BCUT2D eigenvalue weighted by Gasteiger charge is -2.61. The highest BCUT2D eigenvalue weighted by atomic mass is 19.1. The van der Waals surface area contributed by atoms with Crippen LogP contribution in [0.25, 0.3) is 0 Å². The van der Waals surface area contributed by atoms with Gasteiger partial charge in [0.1, 0.15) is 6.17 Å². The molecule has 0 N–H and O–H groups in total. The quantitative estimate of drug-likeness (QED) is 0.379. The van der Waals surface area contributed by atoms with E-state index in [1.165, 1.54) is 64.2 Å². The van der Waals surface area contributed by atoms with Crippen LogP contribution in [-0.4, -0.2) is 12.0 Å². The SMILES string of the molecule is CCCCCC1CC[C@]2(CC1)C(=O)[C@@]1(CCC(C3CCC(CCC)CC3)CC1)[C@@H]2F. The molecule has 172 valence electrons. The Balaban J connectivity index is 1.26. The molecule has 2 heteroatoms. The Morgan fingerprint density at radius 2 is 1.23 bits per heavy atom. The second kappa shape index (κ2) is 9.62. The van der Waals surface area contributed by atoms with E-state index in [9.17, 15) is 4.79 Å². The van der Waals surface area contributed by atoms with Gasteiger partial charge in [0.15, 0.2) is 5.78 Å². The monoisotopic (exact) mass is 418 g/mol. The highest BCUT2D eigenvalue weighted by molar-refractivity contribution is 5.98. The average Bonchev–Trinajstić information content (AvgIpc) is 2.80. The Bertz CT molecular complexity index is 559. The first kappa shape index (κ1) is 22.8. The first-order chi connectivity index (χ1) is 14.6. The summed E-state index contributed by atoms with van der Waals surface area (Å²) in [6.45, 7) is 4.56. The van der Waals surface area contributed by atoms with Crippen molar-refractivity contribution in [3.8, 4) is 0 Å². The van der Waals surface area contributed by atoms with Gasteiger partial charge in [0.05, 0.1) is 10.8 Å². The molecule has 0 aromatic rings. The highest BCUT2D eigenvalue weighted by Crippen LogP contribution is 2.66. The maximum absolute atomic E-state index is 15.8. The van der Waals surface area contributed by atoms with Crippen molar-refractivity contribution in [2.45, 2.75) is 136 Å². The Morgan fingerprint density at radius 1 is 0.700 bits per heavy atom. The molecule has 0 radical (unpaired) electrons. The van der Waals surface area contributed by atoms with Gasteiger partial charge < -0.3 is 0 Å². The number of hydrogen-bond acceptors (Lipinski definition) is 1. The minimum atomic E-state index is -0.838. The largest absolute Gasteiger partial charge is 0.298 e. The molecule has 0 aromatic carbocycles. The van der Waals surface area contributed by atoms with Crippen LogP contribution in [0, 0.1) is 34.5 Å². The number of unbranched alkanes of at least 4 members (excludes halogenated alkanes) is 2. The van der Waals surface area contributed by atoms with Gasteiger partial charge in [0.25, 0.3) is 0 Å². The zero-order chi connectivity index (χ0) is 21.2. The summed E-state index contributed by atoms with van der Waals surface area (Å²) in [7, 11) is 0. The summed E-state index contributed by atoms with van der Waals surface area (Å²) < 4.78 is 15.8. The van der Waals surface area contributed by atoms with E-state index in [-0.39, 0.29) is 0 Å². The highest BCUT2D eigenvalue weighted by Gasteiger charge is 2.71. The summed E-state index contributed by atoms with van der Waals surface area (Å²) in [6, 6.07) is 0. The van der Waals surface area contributed by atoms with Gasteiger partial charge in [-0.25, -0.2) is 4.39 Å². The fourth-order valence-corrected chi connectivity index (χ4v) is 8.29. The Morgan fingerprint density at radius 3 is 1.77 bits per heavy atom. The zero-order valence-corrected chi connectivity index (χ0v) is 19.9. The van der Waals surface area contributed by atoms with Crippen LogP contribution >= 0.6 is 0 Å². The van der Waals surface area contributed by atoms with E-state index in [0.717, 1.165) is 75.0 Å². The minimum absolute atomic E-state index is 0.361. The van der Waals surface area contributed by atoms with Crippen LogP contribution in [0.3, 0.4) is 0 Å². The maximum Gasteiger partial charge on any atom is 0.151 e. The summed E-state index contributed by atoms with van der Waals surface area (Å²) in [6.07, 6.45) is 20.5. The number of Topliss-reactive ketones (excluding diaryl/α,β-unsaturated/α-hetero) is 1. The fourth-order valence-electron chi connectivity index (χ4n) is 8.29. The van der Waals surface area contributed by atoms with Crippen LogP contribution in [-0.2, 0) is 4.79 Å². The first-order valence-electron chi connectivity index (χ1n) is 13.7. The molecule has 0 bridgehead atoms. The number of rotatable bonds is 7.